The number of rotatable bonds is 5. The highest BCUT2D eigenvalue weighted by molar-refractivity contribution is 7.03. The fraction of sp³-hybridized carbons (Fsp3) is 0.667. The van der Waals surface area contributed by atoms with Gasteiger partial charge in [0.25, 0.3) is 5.91 Å². The zero-order valence-corrected chi connectivity index (χ0v) is 9.62. The lowest BCUT2D eigenvalue weighted by molar-refractivity contribution is 0.0895. The molecule has 1 aromatic rings. The summed E-state index contributed by atoms with van der Waals surface area (Å²) in [5.74, 6) is 0.129. The SMILES string of the molecule is CC(C)CC(O)CNC(=O)c1csnn1. The lowest BCUT2D eigenvalue weighted by atomic mass is 10.1. The highest BCUT2D eigenvalue weighted by Gasteiger charge is 2.11. The Morgan fingerprint density at radius 2 is 2.40 bits per heavy atom. The molecule has 1 atom stereocenters. The summed E-state index contributed by atoms with van der Waals surface area (Å²) in [6, 6.07) is 0. The lowest BCUT2D eigenvalue weighted by Crippen LogP contribution is -2.32. The van der Waals surface area contributed by atoms with Gasteiger partial charge in [0, 0.05) is 11.9 Å². The Labute approximate surface area is 92.7 Å². The third-order valence-corrected chi connectivity index (χ3v) is 2.34. The van der Waals surface area contributed by atoms with E-state index in [0.717, 1.165) is 11.5 Å². The second-order valence-corrected chi connectivity index (χ2v) is 4.39. The van der Waals surface area contributed by atoms with Crippen LogP contribution in [-0.4, -0.2) is 33.2 Å². The van der Waals surface area contributed by atoms with E-state index < -0.39 is 6.10 Å². The minimum atomic E-state index is -0.499. The van der Waals surface area contributed by atoms with Crippen LogP contribution in [0.2, 0.25) is 0 Å². The van der Waals surface area contributed by atoms with Crippen molar-refractivity contribution in [3.8, 4) is 0 Å². The molecule has 0 aromatic carbocycles. The van der Waals surface area contributed by atoms with Crippen molar-refractivity contribution in [3.63, 3.8) is 0 Å². The van der Waals surface area contributed by atoms with Gasteiger partial charge < -0.3 is 10.4 Å². The van der Waals surface area contributed by atoms with Crippen LogP contribution < -0.4 is 5.32 Å². The molecule has 1 unspecified atom stereocenters. The summed E-state index contributed by atoms with van der Waals surface area (Å²) in [7, 11) is 0. The first-order chi connectivity index (χ1) is 7.09. The van der Waals surface area contributed by atoms with Gasteiger partial charge in [-0.2, -0.15) is 0 Å². The molecule has 0 bridgehead atoms. The van der Waals surface area contributed by atoms with Crippen molar-refractivity contribution >= 4 is 17.4 Å². The quantitative estimate of drug-likeness (QED) is 0.778. The first-order valence-electron chi connectivity index (χ1n) is 4.83. The number of carbonyl (C=O) groups excluding carboxylic acids is 1. The predicted molar refractivity (Wildman–Crippen MR) is 57.7 cm³/mol. The second kappa shape index (κ2) is 5.77. The molecular weight excluding hydrogens is 214 g/mol. The van der Waals surface area contributed by atoms with Gasteiger partial charge in [-0.1, -0.05) is 18.3 Å². The molecule has 0 saturated heterocycles. The van der Waals surface area contributed by atoms with Crippen molar-refractivity contribution in [1.29, 1.82) is 0 Å². The molecule has 1 heterocycles. The summed E-state index contributed by atoms with van der Waals surface area (Å²) in [6.45, 7) is 4.30. The predicted octanol–water partition coefficient (Wildman–Crippen LogP) is 0.675. The van der Waals surface area contributed by atoms with E-state index in [1.807, 2.05) is 13.8 Å². The van der Waals surface area contributed by atoms with E-state index in [1.165, 1.54) is 0 Å². The highest BCUT2D eigenvalue weighted by Crippen LogP contribution is 2.03. The summed E-state index contributed by atoms with van der Waals surface area (Å²) in [4.78, 5) is 11.4. The molecule has 0 spiro atoms. The number of aromatic nitrogens is 2. The molecular formula is C9H15N3O2S. The molecule has 0 aliphatic rings. The largest absolute Gasteiger partial charge is 0.391 e. The van der Waals surface area contributed by atoms with E-state index in [2.05, 4.69) is 14.9 Å². The van der Waals surface area contributed by atoms with Gasteiger partial charge in [-0.25, -0.2) is 0 Å². The van der Waals surface area contributed by atoms with Gasteiger partial charge in [-0.15, -0.1) is 5.10 Å². The normalized spacial score (nSPS) is 12.8. The number of hydrogen-bond acceptors (Lipinski definition) is 5. The Balaban J connectivity index is 2.28. The molecule has 0 saturated carbocycles. The molecule has 0 aliphatic heterocycles. The maximum atomic E-state index is 11.4. The van der Waals surface area contributed by atoms with E-state index in [4.69, 9.17) is 0 Å². The molecule has 2 N–H and O–H groups in total. The van der Waals surface area contributed by atoms with Crippen molar-refractivity contribution in [2.24, 2.45) is 5.92 Å². The van der Waals surface area contributed by atoms with Gasteiger partial charge in [0.15, 0.2) is 5.69 Å². The molecule has 15 heavy (non-hydrogen) atoms. The summed E-state index contributed by atoms with van der Waals surface area (Å²) in [5, 5.41) is 17.3. The number of carbonyl (C=O) groups is 1. The minimum Gasteiger partial charge on any atom is -0.391 e. The van der Waals surface area contributed by atoms with Crippen LogP contribution in [0, 0.1) is 5.92 Å². The van der Waals surface area contributed by atoms with E-state index in [9.17, 15) is 9.90 Å². The molecule has 1 amide bonds. The van der Waals surface area contributed by atoms with Crippen molar-refractivity contribution in [1.82, 2.24) is 14.9 Å². The maximum absolute atomic E-state index is 11.4. The van der Waals surface area contributed by atoms with Crippen molar-refractivity contribution in [2.75, 3.05) is 6.54 Å². The topological polar surface area (TPSA) is 75.1 Å². The van der Waals surface area contributed by atoms with E-state index >= 15 is 0 Å². The second-order valence-electron chi connectivity index (χ2n) is 3.78. The number of hydrogen-bond donors (Lipinski definition) is 2. The number of aliphatic hydroxyl groups excluding tert-OH is 1. The van der Waals surface area contributed by atoms with Crippen LogP contribution in [0.5, 0.6) is 0 Å². The summed E-state index contributed by atoms with van der Waals surface area (Å²) < 4.78 is 3.59. The molecule has 0 aliphatic carbocycles. The molecule has 84 valence electrons. The van der Waals surface area contributed by atoms with E-state index in [1.54, 1.807) is 5.38 Å². The molecule has 0 fully saturated rings. The Bertz CT molecular complexity index is 300. The molecule has 5 nitrogen and oxygen atoms in total. The van der Waals surface area contributed by atoms with Crippen LogP contribution in [0.3, 0.4) is 0 Å². The average molecular weight is 229 g/mol. The number of amides is 1. The third-order valence-electron chi connectivity index (χ3n) is 1.83. The van der Waals surface area contributed by atoms with Gasteiger partial charge in [0.1, 0.15) is 0 Å². The van der Waals surface area contributed by atoms with E-state index in [-0.39, 0.29) is 12.5 Å². The van der Waals surface area contributed by atoms with Crippen LogP contribution in [0.15, 0.2) is 5.38 Å². The average Bonchev–Trinajstić information content (AvgIpc) is 2.65. The maximum Gasteiger partial charge on any atom is 0.272 e. The van der Waals surface area contributed by atoms with Gasteiger partial charge in [-0.3, -0.25) is 4.79 Å². The third kappa shape index (κ3) is 4.35. The van der Waals surface area contributed by atoms with Crippen molar-refractivity contribution in [3.05, 3.63) is 11.1 Å². The number of aliphatic hydroxyl groups is 1. The van der Waals surface area contributed by atoms with Crippen LogP contribution in [0.25, 0.3) is 0 Å². The number of nitrogens with one attached hydrogen (secondary N) is 1. The zero-order chi connectivity index (χ0) is 11.3. The van der Waals surface area contributed by atoms with Crippen molar-refractivity contribution in [2.45, 2.75) is 26.4 Å². The summed E-state index contributed by atoms with van der Waals surface area (Å²) in [6.07, 6.45) is 0.177. The van der Waals surface area contributed by atoms with Gasteiger partial charge in [0.05, 0.1) is 6.10 Å². The van der Waals surface area contributed by atoms with Gasteiger partial charge in [0.2, 0.25) is 0 Å². The number of nitrogens with zero attached hydrogens (tertiary/aromatic N) is 2. The summed E-state index contributed by atoms with van der Waals surface area (Å²) in [5.41, 5.74) is 0.303. The standard InChI is InChI=1S/C9H15N3O2S/c1-6(2)3-7(13)4-10-9(14)8-5-15-12-11-8/h5-7,13H,3-4H2,1-2H3,(H,10,14). The Hall–Kier alpha value is -1.01. The molecule has 6 heteroatoms. The highest BCUT2D eigenvalue weighted by atomic mass is 32.1. The minimum absolute atomic E-state index is 0.258. The molecule has 1 rings (SSSR count). The van der Waals surface area contributed by atoms with Crippen LogP contribution in [-0.2, 0) is 0 Å². The lowest BCUT2D eigenvalue weighted by Gasteiger charge is -2.12. The van der Waals surface area contributed by atoms with Crippen molar-refractivity contribution < 1.29 is 9.90 Å². The molecule has 0 radical (unpaired) electrons. The fourth-order valence-electron chi connectivity index (χ4n) is 1.19. The Morgan fingerprint density at radius 3 is 2.93 bits per heavy atom. The van der Waals surface area contributed by atoms with Crippen LogP contribution in [0.4, 0.5) is 0 Å². The zero-order valence-electron chi connectivity index (χ0n) is 8.80. The van der Waals surface area contributed by atoms with E-state index in [0.29, 0.717) is 18.0 Å². The monoisotopic (exact) mass is 229 g/mol. The smallest absolute Gasteiger partial charge is 0.272 e. The van der Waals surface area contributed by atoms with Gasteiger partial charge >= 0.3 is 0 Å². The molecule has 1 aromatic heterocycles. The Morgan fingerprint density at radius 1 is 1.67 bits per heavy atom. The fourth-order valence-corrected chi connectivity index (χ4v) is 1.63. The van der Waals surface area contributed by atoms with Crippen LogP contribution in [0.1, 0.15) is 30.8 Å². The first kappa shape index (κ1) is 12.1. The van der Waals surface area contributed by atoms with Crippen LogP contribution >= 0.6 is 11.5 Å². The Kier molecular flexibility index (Phi) is 4.64. The summed E-state index contributed by atoms with van der Waals surface area (Å²) >= 11 is 1.13. The first-order valence-corrected chi connectivity index (χ1v) is 5.66. The van der Waals surface area contributed by atoms with Gasteiger partial charge in [-0.05, 0) is 23.9 Å².